The summed E-state index contributed by atoms with van der Waals surface area (Å²) in [6.45, 7) is 12.2. The summed E-state index contributed by atoms with van der Waals surface area (Å²) in [4.78, 5) is 5.45. The first kappa shape index (κ1) is 14.3. The van der Waals surface area contributed by atoms with Crippen LogP contribution in [0, 0.1) is 0 Å². The molecule has 0 radical (unpaired) electrons. The van der Waals surface area contributed by atoms with Crippen molar-refractivity contribution in [1.29, 1.82) is 0 Å². The van der Waals surface area contributed by atoms with Gasteiger partial charge in [0.15, 0.2) is 0 Å². The lowest BCUT2D eigenvalue weighted by molar-refractivity contribution is 0.0294. The third-order valence-corrected chi connectivity index (χ3v) is 4.66. The van der Waals surface area contributed by atoms with Gasteiger partial charge in [0, 0.05) is 31.7 Å². The lowest BCUT2D eigenvalue weighted by atomic mass is 9.98. The van der Waals surface area contributed by atoms with Gasteiger partial charge in [0.25, 0.3) is 0 Å². The van der Waals surface area contributed by atoms with Crippen molar-refractivity contribution in [3.8, 4) is 0 Å². The third kappa shape index (κ3) is 3.94. The Morgan fingerprint density at radius 2 is 2.06 bits per heavy atom. The van der Waals surface area contributed by atoms with Crippen LogP contribution in [0.3, 0.4) is 0 Å². The van der Waals surface area contributed by atoms with Gasteiger partial charge in [0.1, 0.15) is 0 Å². The molecule has 2 unspecified atom stereocenters. The summed E-state index contributed by atoms with van der Waals surface area (Å²) in [7, 11) is 0. The molecule has 18 heavy (non-hydrogen) atoms. The summed E-state index contributed by atoms with van der Waals surface area (Å²) in [5.41, 5.74) is 0. The van der Waals surface area contributed by atoms with Gasteiger partial charge in [-0.2, -0.15) is 0 Å². The first-order chi connectivity index (χ1) is 8.81. The molecular formula is C15H31N3. The number of nitrogens with zero attached hydrogens (tertiary/aromatic N) is 2. The summed E-state index contributed by atoms with van der Waals surface area (Å²) < 4.78 is 0. The molecule has 2 rings (SSSR count). The van der Waals surface area contributed by atoms with E-state index in [0.717, 1.165) is 12.1 Å². The molecule has 2 aliphatic heterocycles. The van der Waals surface area contributed by atoms with Crippen molar-refractivity contribution < 1.29 is 0 Å². The maximum Gasteiger partial charge on any atom is 0.0223 e. The fourth-order valence-electron chi connectivity index (χ4n) is 3.38. The minimum atomic E-state index is 0.749. The molecule has 3 heteroatoms. The number of hydrogen-bond donors (Lipinski definition) is 1. The minimum Gasteiger partial charge on any atom is -0.317 e. The van der Waals surface area contributed by atoms with Crippen LogP contribution in [0.15, 0.2) is 0 Å². The average molecular weight is 253 g/mol. The van der Waals surface area contributed by atoms with Crippen molar-refractivity contribution in [3.63, 3.8) is 0 Å². The molecule has 0 amide bonds. The van der Waals surface area contributed by atoms with E-state index < -0.39 is 0 Å². The molecule has 0 aromatic carbocycles. The Kier molecular flexibility index (Phi) is 5.93. The standard InChI is InChI=1S/C15H31N3/c1-3-8-16-9-7-14(2)18-12-11-17-10-5-4-6-15(17)13-18/h14-16H,3-13H2,1-2H3. The Hall–Kier alpha value is -0.120. The van der Waals surface area contributed by atoms with Crippen LogP contribution < -0.4 is 5.32 Å². The van der Waals surface area contributed by atoms with Gasteiger partial charge >= 0.3 is 0 Å². The van der Waals surface area contributed by atoms with Crippen LogP contribution in [-0.4, -0.2) is 61.2 Å². The zero-order valence-corrected chi connectivity index (χ0v) is 12.3. The molecule has 0 aromatic heterocycles. The van der Waals surface area contributed by atoms with Crippen molar-refractivity contribution in [2.75, 3.05) is 39.3 Å². The molecule has 2 atom stereocenters. The fraction of sp³-hybridized carbons (Fsp3) is 1.00. The van der Waals surface area contributed by atoms with E-state index in [4.69, 9.17) is 0 Å². The maximum absolute atomic E-state index is 3.52. The second-order valence-corrected chi connectivity index (χ2v) is 6.07. The quantitative estimate of drug-likeness (QED) is 0.730. The van der Waals surface area contributed by atoms with Crippen molar-refractivity contribution in [2.24, 2.45) is 0 Å². The molecule has 0 saturated carbocycles. The predicted octanol–water partition coefficient (Wildman–Crippen LogP) is 1.93. The Balaban J connectivity index is 1.69. The van der Waals surface area contributed by atoms with Gasteiger partial charge in [0.2, 0.25) is 0 Å². The summed E-state index contributed by atoms with van der Waals surface area (Å²) in [6, 6.07) is 1.61. The number of hydrogen-bond acceptors (Lipinski definition) is 3. The fourth-order valence-corrected chi connectivity index (χ4v) is 3.38. The number of piperazine rings is 1. The Morgan fingerprint density at radius 1 is 1.17 bits per heavy atom. The van der Waals surface area contributed by atoms with Gasteiger partial charge in [-0.1, -0.05) is 13.3 Å². The summed E-state index contributed by atoms with van der Waals surface area (Å²) in [5.74, 6) is 0. The first-order valence-electron chi connectivity index (χ1n) is 8.00. The molecular weight excluding hydrogens is 222 g/mol. The van der Waals surface area contributed by atoms with E-state index in [1.165, 1.54) is 71.4 Å². The van der Waals surface area contributed by atoms with E-state index in [0.29, 0.717) is 0 Å². The van der Waals surface area contributed by atoms with Crippen molar-refractivity contribution in [3.05, 3.63) is 0 Å². The lowest BCUT2D eigenvalue weighted by Gasteiger charge is -2.46. The van der Waals surface area contributed by atoms with Gasteiger partial charge in [-0.15, -0.1) is 0 Å². The summed E-state index contributed by atoms with van der Waals surface area (Å²) in [6.07, 6.45) is 6.84. The first-order valence-corrected chi connectivity index (χ1v) is 8.00. The molecule has 2 aliphatic rings. The smallest absolute Gasteiger partial charge is 0.0223 e. The zero-order chi connectivity index (χ0) is 12.8. The summed E-state index contributed by atoms with van der Waals surface area (Å²) >= 11 is 0. The zero-order valence-electron chi connectivity index (χ0n) is 12.3. The topological polar surface area (TPSA) is 18.5 Å². The third-order valence-electron chi connectivity index (χ3n) is 4.66. The normalized spacial score (nSPS) is 28.0. The highest BCUT2D eigenvalue weighted by Gasteiger charge is 2.30. The van der Waals surface area contributed by atoms with Gasteiger partial charge < -0.3 is 5.32 Å². The van der Waals surface area contributed by atoms with Crippen LogP contribution in [0.5, 0.6) is 0 Å². The average Bonchev–Trinajstić information content (AvgIpc) is 2.43. The number of piperidine rings is 1. The number of nitrogens with one attached hydrogen (secondary N) is 1. The highest BCUT2D eigenvalue weighted by atomic mass is 15.3. The van der Waals surface area contributed by atoms with Gasteiger partial charge in [-0.05, 0) is 52.2 Å². The SMILES string of the molecule is CCCNCCC(C)N1CCN2CCCCC2C1. The Morgan fingerprint density at radius 3 is 2.89 bits per heavy atom. The van der Waals surface area contributed by atoms with Gasteiger partial charge in [-0.25, -0.2) is 0 Å². The van der Waals surface area contributed by atoms with Gasteiger partial charge in [0.05, 0.1) is 0 Å². The molecule has 2 fully saturated rings. The van der Waals surface area contributed by atoms with E-state index in [1.807, 2.05) is 0 Å². The number of rotatable bonds is 6. The van der Waals surface area contributed by atoms with E-state index in [-0.39, 0.29) is 0 Å². The van der Waals surface area contributed by atoms with Crippen molar-refractivity contribution in [2.45, 2.75) is 58.0 Å². The molecule has 2 heterocycles. The monoisotopic (exact) mass is 253 g/mol. The highest BCUT2D eigenvalue weighted by Crippen LogP contribution is 2.22. The highest BCUT2D eigenvalue weighted by molar-refractivity contribution is 4.87. The molecule has 1 N–H and O–H groups in total. The molecule has 2 saturated heterocycles. The van der Waals surface area contributed by atoms with E-state index in [2.05, 4.69) is 29.0 Å². The van der Waals surface area contributed by atoms with Crippen LogP contribution >= 0.6 is 0 Å². The summed E-state index contributed by atoms with van der Waals surface area (Å²) in [5, 5.41) is 3.52. The minimum absolute atomic E-state index is 0.749. The predicted molar refractivity (Wildman–Crippen MR) is 78.0 cm³/mol. The molecule has 0 bridgehead atoms. The van der Waals surface area contributed by atoms with E-state index in [1.54, 1.807) is 0 Å². The van der Waals surface area contributed by atoms with Crippen molar-refractivity contribution >= 4 is 0 Å². The molecule has 3 nitrogen and oxygen atoms in total. The van der Waals surface area contributed by atoms with Crippen molar-refractivity contribution in [1.82, 2.24) is 15.1 Å². The van der Waals surface area contributed by atoms with Crippen LogP contribution in [0.1, 0.15) is 46.0 Å². The molecule has 0 spiro atoms. The van der Waals surface area contributed by atoms with E-state index in [9.17, 15) is 0 Å². The van der Waals surface area contributed by atoms with Crippen LogP contribution in [0.25, 0.3) is 0 Å². The van der Waals surface area contributed by atoms with Crippen LogP contribution in [-0.2, 0) is 0 Å². The van der Waals surface area contributed by atoms with Gasteiger partial charge in [-0.3, -0.25) is 9.80 Å². The Bertz CT molecular complexity index is 232. The second-order valence-electron chi connectivity index (χ2n) is 6.07. The van der Waals surface area contributed by atoms with Crippen LogP contribution in [0.4, 0.5) is 0 Å². The van der Waals surface area contributed by atoms with E-state index >= 15 is 0 Å². The number of fused-ring (bicyclic) bond motifs is 1. The molecule has 0 aromatic rings. The Labute approximate surface area is 113 Å². The second kappa shape index (κ2) is 7.46. The molecule has 0 aliphatic carbocycles. The van der Waals surface area contributed by atoms with Crippen LogP contribution in [0.2, 0.25) is 0 Å². The maximum atomic E-state index is 3.52. The largest absolute Gasteiger partial charge is 0.317 e. The lowest BCUT2D eigenvalue weighted by Crippen LogP contribution is -2.56. The molecule has 106 valence electrons.